The van der Waals surface area contributed by atoms with Crippen LogP contribution in [0.5, 0.6) is 0 Å². The van der Waals surface area contributed by atoms with Crippen LogP contribution in [0, 0.1) is 0 Å². The van der Waals surface area contributed by atoms with Crippen LogP contribution in [0.2, 0.25) is 5.02 Å². The van der Waals surface area contributed by atoms with Gasteiger partial charge in [-0.25, -0.2) is 4.39 Å². The normalized spacial score (nSPS) is 19.2. The van der Waals surface area contributed by atoms with Crippen LogP contribution in [0.4, 0.5) is 9.52 Å². The minimum atomic E-state index is -0.465. The first-order chi connectivity index (χ1) is 10.7. The van der Waals surface area contributed by atoms with E-state index in [1.165, 1.54) is 0 Å². The highest BCUT2D eigenvalue weighted by atomic mass is 35.5. The zero-order valence-electron chi connectivity index (χ0n) is 12.0. The Hall–Kier alpha value is -1.24. The largest absolute Gasteiger partial charge is 0.374 e. The van der Waals surface area contributed by atoms with Crippen LogP contribution in [0.1, 0.15) is 17.0 Å². The lowest BCUT2D eigenvalue weighted by molar-refractivity contribution is 0.0508. The maximum atomic E-state index is 12.9. The molecule has 1 atom stereocenters. The fourth-order valence-electron chi connectivity index (χ4n) is 2.38. The van der Waals surface area contributed by atoms with E-state index in [2.05, 4.69) is 15.1 Å². The van der Waals surface area contributed by atoms with Crippen LogP contribution in [-0.4, -0.2) is 42.7 Å². The van der Waals surface area contributed by atoms with Gasteiger partial charge in [0.05, 0.1) is 0 Å². The summed E-state index contributed by atoms with van der Waals surface area (Å²) < 4.78 is 18.3. The second-order valence-electron chi connectivity index (χ2n) is 5.23. The van der Waals surface area contributed by atoms with Crippen molar-refractivity contribution in [2.75, 3.05) is 31.3 Å². The third-order valence-corrected chi connectivity index (χ3v) is 4.75. The van der Waals surface area contributed by atoms with Crippen LogP contribution < -0.4 is 4.90 Å². The number of halogens is 2. The van der Waals surface area contributed by atoms with Gasteiger partial charge < -0.3 is 9.64 Å². The van der Waals surface area contributed by atoms with Crippen LogP contribution >= 0.6 is 22.9 Å². The van der Waals surface area contributed by atoms with E-state index in [4.69, 9.17) is 16.3 Å². The Morgan fingerprint density at radius 1 is 1.32 bits per heavy atom. The quantitative estimate of drug-likeness (QED) is 0.854. The Balaban J connectivity index is 1.68. The van der Waals surface area contributed by atoms with E-state index in [0.29, 0.717) is 13.2 Å². The van der Waals surface area contributed by atoms with E-state index in [1.54, 1.807) is 11.3 Å². The van der Waals surface area contributed by atoms with Crippen molar-refractivity contribution < 1.29 is 9.13 Å². The fourth-order valence-corrected chi connectivity index (χ4v) is 3.42. The second-order valence-corrected chi connectivity index (χ2v) is 6.71. The van der Waals surface area contributed by atoms with E-state index < -0.39 is 6.67 Å². The van der Waals surface area contributed by atoms with Gasteiger partial charge in [0.1, 0.15) is 17.8 Å². The molecule has 1 saturated heterocycles. The summed E-state index contributed by atoms with van der Waals surface area (Å²) in [5, 5.41) is 11.0. The molecule has 2 aromatic rings. The van der Waals surface area contributed by atoms with Gasteiger partial charge in [-0.2, -0.15) is 0 Å². The lowest BCUT2D eigenvalue weighted by Crippen LogP contribution is -2.32. The highest BCUT2D eigenvalue weighted by Crippen LogP contribution is 2.24. The highest BCUT2D eigenvalue weighted by Gasteiger charge is 2.21. The van der Waals surface area contributed by atoms with E-state index in [9.17, 15) is 4.39 Å². The Morgan fingerprint density at radius 3 is 2.91 bits per heavy atom. The predicted octanol–water partition coefficient (Wildman–Crippen LogP) is 3.35. The summed E-state index contributed by atoms with van der Waals surface area (Å²) in [4.78, 5) is 2.07. The molecule has 0 N–H and O–H groups in total. The monoisotopic (exact) mass is 341 g/mol. The van der Waals surface area contributed by atoms with Gasteiger partial charge in [-0.05, 0) is 24.1 Å². The lowest BCUT2D eigenvalue weighted by Gasteiger charge is -2.20. The maximum absolute atomic E-state index is 12.9. The van der Waals surface area contributed by atoms with Crippen LogP contribution in [-0.2, 0) is 11.2 Å². The third kappa shape index (κ3) is 3.94. The summed E-state index contributed by atoms with van der Waals surface area (Å²) in [5.41, 5.74) is 1.15. The highest BCUT2D eigenvalue weighted by molar-refractivity contribution is 7.15. The van der Waals surface area contributed by atoms with Crippen molar-refractivity contribution in [1.29, 1.82) is 0 Å². The Morgan fingerprint density at radius 2 is 2.14 bits per heavy atom. The summed E-state index contributed by atoms with van der Waals surface area (Å²) in [6.45, 7) is 1.49. The first-order valence-corrected chi connectivity index (χ1v) is 8.43. The number of anilines is 1. The molecule has 1 aromatic carbocycles. The number of nitrogens with zero attached hydrogens (tertiary/aromatic N) is 3. The molecule has 1 aliphatic heterocycles. The van der Waals surface area contributed by atoms with E-state index in [0.717, 1.165) is 40.1 Å². The number of alkyl halides is 1. The topological polar surface area (TPSA) is 38.2 Å². The zero-order valence-corrected chi connectivity index (χ0v) is 13.6. The minimum Gasteiger partial charge on any atom is -0.374 e. The molecular formula is C15H17ClFN3OS. The minimum absolute atomic E-state index is 0.369. The molecule has 1 aliphatic rings. The van der Waals surface area contributed by atoms with Crippen LogP contribution in [0.15, 0.2) is 24.3 Å². The molecule has 3 rings (SSSR count). The molecule has 1 aromatic heterocycles. The average Bonchev–Trinajstić information content (AvgIpc) is 2.85. The van der Waals surface area contributed by atoms with Gasteiger partial charge in [-0.15, -0.1) is 10.2 Å². The molecule has 1 fully saturated rings. The molecule has 22 heavy (non-hydrogen) atoms. The summed E-state index contributed by atoms with van der Waals surface area (Å²) in [6, 6.07) is 7.72. The van der Waals surface area contributed by atoms with Gasteiger partial charge in [-0.3, -0.25) is 0 Å². The summed E-state index contributed by atoms with van der Waals surface area (Å²) in [5.74, 6) is 0. The molecule has 1 unspecified atom stereocenters. The fraction of sp³-hybridized carbons (Fsp3) is 0.467. The molecule has 0 radical (unpaired) electrons. The summed E-state index contributed by atoms with van der Waals surface area (Å²) >= 11 is 7.44. The summed E-state index contributed by atoms with van der Waals surface area (Å²) in [7, 11) is 0. The van der Waals surface area contributed by atoms with Crippen molar-refractivity contribution >= 4 is 28.1 Å². The molecule has 7 heteroatoms. The Kier molecular flexibility index (Phi) is 5.23. The van der Waals surface area contributed by atoms with E-state index >= 15 is 0 Å². The van der Waals surface area contributed by atoms with Crippen molar-refractivity contribution in [3.63, 3.8) is 0 Å². The molecule has 0 saturated carbocycles. The third-order valence-electron chi connectivity index (χ3n) is 3.52. The molecule has 0 amide bonds. The van der Waals surface area contributed by atoms with Crippen molar-refractivity contribution in [1.82, 2.24) is 10.2 Å². The summed E-state index contributed by atoms with van der Waals surface area (Å²) in [6.07, 6.45) is 1.24. The second kappa shape index (κ2) is 7.35. The SMILES string of the molecule is FCC1CN(c2nnc(Cc3ccc(Cl)cc3)s2)CCCO1. The van der Waals surface area contributed by atoms with E-state index in [-0.39, 0.29) is 6.10 Å². The molecule has 0 aliphatic carbocycles. The smallest absolute Gasteiger partial charge is 0.208 e. The first-order valence-electron chi connectivity index (χ1n) is 7.24. The molecule has 2 heterocycles. The molecule has 4 nitrogen and oxygen atoms in total. The molecule has 118 valence electrons. The van der Waals surface area contributed by atoms with Crippen molar-refractivity contribution in [2.45, 2.75) is 18.9 Å². The number of aromatic nitrogens is 2. The molecule has 0 bridgehead atoms. The molecule has 0 spiro atoms. The number of hydrogen-bond donors (Lipinski definition) is 0. The first kappa shape index (κ1) is 15.6. The van der Waals surface area contributed by atoms with Gasteiger partial charge in [0.2, 0.25) is 5.13 Å². The Labute approximate surface area is 137 Å². The Bertz CT molecular complexity index is 607. The molecular weight excluding hydrogens is 325 g/mol. The van der Waals surface area contributed by atoms with Crippen molar-refractivity contribution in [2.24, 2.45) is 0 Å². The van der Waals surface area contributed by atoms with Gasteiger partial charge in [0, 0.05) is 31.1 Å². The zero-order chi connectivity index (χ0) is 15.4. The predicted molar refractivity (Wildman–Crippen MR) is 86.7 cm³/mol. The number of benzene rings is 1. The lowest BCUT2D eigenvalue weighted by atomic mass is 10.2. The van der Waals surface area contributed by atoms with E-state index in [1.807, 2.05) is 24.3 Å². The van der Waals surface area contributed by atoms with Crippen LogP contribution in [0.3, 0.4) is 0 Å². The number of rotatable bonds is 4. The number of hydrogen-bond acceptors (Lipinski definition) is 5. The van der Waals surface area contributed by atoms with Crippen LogP contribution in [0.25, 0.3) is 0 Å². The maximum Gasteiger partial charge on any atom is 0.208 e. The van der Waals surface area contributed by atoms with Gasteiger partial charge in [-0.1, -0.05) is 35.1 Å². The van der Waals surface area contributed by atoms with Gasteiger partial charge in [0.25, 0.3) is 0 Å². The van der Waals surface area contributed by atoms with Gasteiger partial charge >= 0.3 is 0 Å². The average molecular weight is 342 g/mol. The van der Waals surface area contributed by atoms with Gasteiger partial charge in [0.15, 0.2) is 0 Å². The van der Waals surface area contributed by atoms with Crippen molar-refractivity contribution in [3.05, 3.63) is 39.9 Å². The van der Waals surface area contributed by atoms with Crippen molar-refractivity contribution in [3.8, 4) is 0 Å². The number of ether oxygens (including phenoxy) is 1. The standard InChI is InChI=1S/C15H17ClFN3OS/c16-12-4-2-11(3-5-12)8-14-18-19-15(22-14)20-6-1-7-21-13(9-17)10-20/h2-5,13H,1,6-10H2.